The minimum atomic E-state index is 0.319. The SMILES string of the molecule is Brc1ccc2c(c1)NCC1(CCCCC1)N2. The maximum atomic E-state index is 3.76. The molecule has 1 saturated carbocycles. The molecule has 0 unspecified atom stereocenters. The highest BCUT2D eigenvalue weighted by atomic mass is 79.9. The van der Waals surface area contributed by atoms with Crippen molar-refractivity contribution in [3.8, 4) is 0 Å². The van der Waals surface area contributed by atoms with Crippen LogP contribution in [0.2, 0.25) is 0 Å². The van der Waals surface area contributed by atoms with Crippen LogP contribution in [0.5, 0.6) is 0 Å². The third kappa shape index (κ3) is 1.81. The van der Waals surface area contributed by atoms with Crippen LogP contribution in [-0.2, 0) is 0 Å². The first-order valence-corrected chi connectivity index (χ1v) is 6.88. The van der Waals surface area contributed by atoms with Crippen molar-refractivity contribution in [2.45, 2.75) is 37.6 Å². The maximum Gasteiger partial charge on any atom is 0.0588 e. The first kappa shape index (κ1) is 10.5. The van der Waals surface area contributed by atoms with E-state index in [0.717, 1.165) is 11.0 Å². The summed E-state index contributed by atoms with van der Waals surface area (Å²) in [5.74, 6) is 0. The molecule has 3 heteroatoms. The van der Waals surface area contributed by atoms with Gasteiger partial charge in [0.05, 0.1) is 16.9 Å². The number of rotatable bonds is 0. The van der Waals surface area contributed by atoms with E-state index in [2.05, 4.69) is 44.8 Å². The molecule has 0 amide bonds. The molecule has 0 radical (unpaired) electrons. The molecule has 0 saturated heterocycles. The topological polar surface area (TPSA) is 24.1 Å². The molecule has 0 bridgehead atoms. The third-order valence-corrected chi connectivity index (χ3v) is 4.30. The lowest BCUT2D eigenvalue weighted by atomic mass is 9.80. The number of anilines is 2. The quantitative estimate of drug-likeness (QED) is 0.751. The number of hydrogen-bond donors (Lipinski definition) is 2. The number of benzene rings is 1. The van der Waals surface area contributed by atoms with Gasteiger partial charge >= 0.3 is 0 Å². The predicted octanol–water partition coefficient (Wildman–Crippen LogP) is 3.99. The Hall–Kier alpha value is -0.700. The van der Waals surface area contributed by atoms with Gasteiger partial charge in [-0.3, -0.25) is 0 Å². The molecule has 0 atom stereocenters. The molecule has 1 spiro atoms. The summed E-state index contributed by atoms with van der Waals surface area (Å²) in [7, 11) is 0. The summed E-state index contributed by atoms with van der Waals surface area (Å²) in [5, 5.41) is 7.33. The Balaban J connectivity index is 1.88. The van der Waals surface area contributed by atoms with E-state index in [4.69, 9.17) is 0 Å². The number of halogens is 1. The maximum absolute atomic E-state index is 3.76. The van der Waals surface area contributed by atoms with Crippen molar-refractivity contribution in [1.29, 1.82) is 0 Å². The molecule has 1 fully saturated rings. The van der Waals surface area contributed by atoms with Gasteiger partial charge in [0, 0.05) is 11.0 Å². The molecule has 2 aliphatic rings. The van der Waals surface area contributed by atoms with Crippen LogP contribution < -0.4 is 10.6 Å². The molecule has 2 N–H and O–H groups in total. The second kappa shape index (κ2) is 3.95. The van der Waals surface area contributed by atoms with Gasteiger partial charge in [0.2, 0.25) is 0 Å². The van der Waals surface area contributed by atoms with Crippen molar-refractivity contribution >= 4 is 27.3 Å². The van der Waals surface area contributed by atoms with Crippen molar-refractivity contribution in [3.63, 3.8) is 0 Å². The summed E-state index contributed by atoms with van der Waals surface area (Å²) in [4.78, 5) is 0. The van der Waals surface area contributed by atoms with E-state index in [1.54, 1.807) is 0 Å². The summed E-state index contributed by atoms with van der Waals surface area (Å²) >= 11 is 3.51. The van der Waals surface area contributed by atoms with Crippen LogP contribution in [0.25, 0.3) is 0 Å². The van der Waals surface area contributed by atoms with Crippen molar-refractivity contribution < 1.29 is 0 Å². The highest BCUT2D eigenvalue weighted by Gasteiger charge is 2.34. The molecule has 2 nitrogen and oxygen atoms in total. The molecular formula is C13H17BrN2. The summed E-state index contributed by atoms with van der Waals surface area (Å²) in [6.45, 7) is 1.07. The Morgan fingerprint density at radius 3 is 2.69 bits per heavy atom. The standard InChI is InChI=1S/C13H17BrN2/c14-10-4-5-11-12(8-10)15-9-13(16-11)6-2-1-3-7-13/h4-5,8,15-16H,1-3,6-7,9H2. The fourth-order valence-corrected chi connectivity index (χ4v) is 3.26. The van der Waals surface area contributed by atoms with Gasteiger partial charge in [-0.25, -0.2) is 0 Å². The monoisotopic (exact) mass is 280 g/mol. The van der Waals surface area contributed by atoms with Crippen molar-refractivity contribution in [2.75, 3.05) is 17.2 Å². The Bertz CT molecular complexity index is 397. The summed E-state index contributed by atoms with van der Waals surface area (Å²) in [5.41, 5.74) is 2.81. The number of nitrogens with one attached hydrogen (secondary N) is 2. The lowest BCUT2D eigenvalue weighted by Crippen LogP contribution is -2.49. The molecule has 1 aromatic carbocycles. The van der Waals surface area contributed by atoms with Crippen LogP contribution in [0.1, 0.15) is 32.1 Å². The van der Waals surface area contributed by atoms with Crippen LogP contribution in [0.3, 0.4) is 0 Å². The summed E-state index contributed by atoms with van der Waals surface area (Å²) < 4.78 is 1.14. The Labute approximate surface area is 105 Å². The summed E-state index contributed by atoms with van der Waals surface area (Å²) in [6, 6.07) is 6.43. The zero-order valence-corrected chi connectivity index (χ0v) is 10.9. The molecule has 0 aromatic heterocycles. The number of fused-ring (bicyclic) bond motifs is 1. The second-order valence-corrected chi connectivity index (χ2v) is 5.93. The lowest BCUT2D eigenvalue weighted by molar-refractivity contribution is 0.334. The minimum Gasteiger partial charge on any atom is -0.381 e. The van der Waals surface area contributed by atoms with Gasteiger partial charge in [-0.2, -0.15) is 0 Å². The van der Waals surface area contributed by atoms with E-state index in [-0.39, 0.29) is 0 Å². The fraction of sp³-hybridized carbons (Fsp3) is 0.538. The largest absolute Gasteiger partial charge is 0.381 e. The van der Waals surface area contributed by atoms with Gasteiger partial charge in [0.1, 0.15) is 0 Å². The average molecular weight is 281 g/mol. The van der Waals surface area contributed by atoms with E-state index < -0.39 is 0 Å². The fourth-order valence-electron chi connectivity index (χ4n) is 2.90. The van der Waals surface area contributed by atoms with E-state index >= 15 is 0 Å². The van der Waals surface area contributed by atoms with Crippen LogP contribution in [-0.4, -0.2) is 12.1 Å². The smallest absolute Gasteiger partial charge is 0.0588 e. The Morgan fingerprint density at radius 1 is 1.06 bits per heavy atom. The van der Waals surface area contributed by atoms with Crippen LogP contribution in [0.15, 0.2) is 22.7 Å². The van der Waals surface area contributed by atoms with Gasteiger partial charge in [0.15, 0.2) is 0 Å². The van der Waals surface area contributed by atoms with Gasteiger partial charge in [-0.15, -0.1) is 0 Å². The molecule has 1 aliphatic carbocycles. The Morgan fingerprint density at radius 2 is 1.88 bits per heavy atom. The van der Waals surface area contributed by atoms with Crippen LogP contribution >= 0.6 is 15.9 Å². The van der Waals surface area contributed by atoms with E-state index in [0.29, 0.717) is 5.54 Å². The first-order chi connectivity index (χ1) is 7.77. The van der Waals surface area contributed by atoms with Crippen molar-refractivity contribution in [1.82, 2.24) is 0 Å². The molecule has 1 aromatic rings. The normalized spacial score (nSPS) is 22.1. The Kier molecular flexibility index (Phi) is 2.58. The van der Waals surface area contributed by atoms with E-state index in [1.807, 2.05) is 0 Å². The zero-order chi connectivity index (χ0) is 11.0. The van der Waals surface area contributed by atoms with Crippen LogP contribution in [0.4, 0.5) is 11.4 Å². The van der Waals surface area contributed by atoms with E-state index in [1.165, 1.54) is 43.5 Å². The minimum absolute atomic E-state index is 0.319. The first-order valence-electron chi connectivity index (χ1n) is 6.09. The lowest BCUT2D eigenvalue weighted by Gasteiger charge is -2.43. The van der Waals surface area contributed by atoms with Gasteiger partial charge in [0.25, 0.3) is 0 Å². The van der Waals surface area contributed by atoms with Gasteiger partial charge in [-0.05, 0) is 31.0 Å². The molecular weight excluding hydrogens is 264 g/mol. The van der Waals surface area contributed by atoms with Crippen LogP contribution in [0, 0.1) is 0 Å². The number of hydrogen-bond acceptors (Lipinski definition) is 2. The van der Waals surface area contributed by atoms with Crippen molar-refractivity contribution in [2.24, 2.45) is 0 Å². The van der Waals surface area contributed by atoms with Gasteiger partial charge < -0.3 is 10.6 Å². The van der Waals surface area contributed by atoms with Crippen molar-refractivity contribution in [3.05, 3.63) is 22.7 Å². The average Bonchev–Trinajstić information content (AvgIpc) is 2.31. The molecule has 1 aliphatic heterocycles. The molecule has 1 heterocycles. The predicted molar refractivity (Wildman–Crippen MR) is 72.1 cm³/mol. The second-order valence-electron chi connectivity index (χ2n) is 5.01. The third-order valence-electron chi connectivity index (χ3n) is 3.81. The molecule has 16 heavy (non-hydrogen) atoms. The highest BCUT2D eigenvalue weighted by Crippen LogP contribution is 2.38. The van der Waals surface area contributed by atoms with E-state index in [9.17, 15) is 0 Å². The molecule has 3 rings (SSSR count). The molecule has 86 valence electrons. The summed E-state index contributed by atoms with van der Waals surface area (Å²) in [6.07, 6.45) is 6.72. The zero-order valence-electron chi connectivity index (χ0n) is 9.35. The van der Waals surface area contributed by atoms with Gasteiger partial charge in [-0.1, -0.05) is 35.2 Å². The highest BCUT2D eigenvalue weighted by molar-refractivity contribution is 9.10.